The summed E-state index contributed by atoms with van der Waals surface area (Å²) in [6.07, 6.45) is 2.38. The third-order valence-electron chi connectivity index (χ3n) is 4.30. The summed E-state index contributed by atoms with van der Waals surface area (Å²) in [7, 11) is 0.787. The zero-order chi connectivity index (χ0) is 11.6. The van der Waals surface area contributed by atoms with Crippen molar-refractivity contribution >= 4 is 16.1 Å². The van der Waals surface area contributed by atoms with Crippen molar-refractivity contribution in [2.75, 3.05) is 7.11 Å². The fourth-order valence-corrected chi connectivity index (χ4v) is 4.36. The number of methoxy groups -OCH3 is 1. The number of ether oxygens (including phenoxy) is 2. The first-order valence-corrected chi connectivity index (χ1v) is 6.91. The van der Waals surface area contributed by atoms with Crippen molar-refractivity contribution in [1.82, 2.24) is 0 Å². The summed E-state index contributed by atoms with van der Waals surface area (Å²) in [6, 6.07) is 0.132. The van der Waals surface area contributed by atoms with Gasteiger partial charge in [0.2, 0.25) is 0 Å². The summed E-state index contributed by atoms with van der Waals surface area (Å²) in [5.74, 6) is 0.325. The van der Waals surface area contributed by atoms with E-state index in [2.05, 4.69) is 0 Å². The van der Waals surface area contributed by atoms with Crippen LogP contribution in [0.2, 0.25) is 0 Å². The van der Waals surface area contributed by atoms with E-state index < -0.39 is 13.9 Å². The van der Waals surface area contributed by atoms with Crippen molar-refractivity contribution < 1.29 is 23.5 Å². The van der Waals surface area contributed by atoms with Crippen LogP contribution in [0.15, 0.2) is 0 Å². The molecule has 0 spiro atoms. The first-order valence-electron chi connectivity index (χ1n) is 5.65. The Balaban J connectivity index is 1.88. The van der Waals surface area contributed by atoms with E-state index in [0.717, 1.165) is 19.3 Å². The molecule has 3 fully saturated rings. The molecule has 7 heteroatoms. The maximum atomic E-state index is 10.9. The summed E-state index contributed by atoms with van der Waals surface area (Å²) in [4.78, 5) is 8.97. The summed E-state index contributed by atoms with van der Waals surface area (Å²) < 4.78 is 27.7. The molecule has 2 unspecified atom stereocenters. The van der Waals surface area contributed by atoms with Crippen molar-refractivity contribution in [1.29, 1.82) is 0 Å². The van der Waals surface area contributed by atoms with Gasteiger partial charge in [-0.2, -0.15) is 0 Å². The summed E-state index contributed by atoms with van der Waals surface area (Å²) >= 11 is 0. The van der Waals surface area contributed by atoms with Crippen LogP contribution in [-0.2, 0) is 18.6 Å². The fraction of sp³-hybridized carbons (Fsp3) is 1.00. The molecular weight excluding hydrogens is 230 g/mol. The van der Waals surface area contributed by atoms with Crippen LogP contribution in [-0.4, -0.2) is 43.2 Å². The zero-order valence-corrected chi connectivity index (χ0v) is 10.4. The van der Waals surface area contributed by atoms with Crippen LogP contribution in [0.4, 0.5) is 0 Å². The van der Waals surface area contributed by atoms with Gasteiger partial charge in [-0.1, -0.05) is 0 Å². The molecule has 2 aliphatic carbocycles. The highest BCUT2D eigenvalue weighted by Crippen LogP contribution is 2.68. The van der Waals surface area contributed by atoms with Gasteiger partial charge in [0.1, 0.15) is 19.6 Å². The van der Waals surface area contributed by atoms with Crippen LogP contribution in [0.3, 0.4) is 0 Å². The highest BCUT2D eigenvalue weighted by molar-refractivity contribution is 7.32. The Morgan fingerprint density at radius 3 is 2.88 bits per heavy atom. The van der Waals surface area contributed by atoms with Gasteiger partial charge in [-0.15, -0.1) is 0 Å². The van der Waals surface area contributed by atoms with Crippen molar-refractivity contribution in [3.05, 3.63) is 0 Å². The van der Waals surface area contributed by atoms with E-state index in [-0.39, 0.29) is 17.7 Å². The van der Waals surface area contributed by atoms with E-state index in [0.29, 0.717) is 5.92 Å². The molecule has 5 nitrogen and oxygen atoms in total. The molecule has 0 radical (unpaired) electrons. The lowest BCUT2D eigenvalue weighted by Gasteiger charge is -2.31. The SMILES string of the molecule is BC1C[C@@]2(OC)C[C@@H]3C[C@]3(O[PH](=O)O)[C@H]2O1. The summed E-state index contributed by atoms with van der Waals surface area (Å²) in [5.41, 5.74) is -0.828. The van der Waals surface area contributed by atoms with Gasteiger partial charge in [0, 0.05) is 13.1 Å². The van der Waals surface area contributed by atoms with Gasteiger partial charge in [-0.25, -0.2) is 0 Å². The molecule has 0 bridgehead atoms. The molecule has 16 heavy (non-hydrogen) atoms. The third-order valence-corrected chi connectivity index (χ3v) is 4.85. The Hall–Kier alpha value is 0.135. The van der Waals surface area contributed by atoms with E-state index in [1.54, 1.807) is 7.11 Å². The van der Waals surface area contributed by atoms with Crippen molar-refractivity contribution in [3.8, 4) is 0 Å². The first kappa shape index (κ1) is 11.2. The molecule has 1 aliphatic heterocycles. The second kappa shape index (κ2) is 3.33. The normalized spacial score (nSPS) is 55.8. The number of hydrogen-bond donors (Lipinski definition) is 1. The van der Waals surface area contributed by atoms with Crippen LogP contribution in [0.1, 0.15) is 19.3 Å². The van der Waals surface area contributed by atoms with Crippen molar-refractivity contribution in [2.24, 2.45) is 5.92 Å². The molecule has 0 amide bonds. The van der Waals surface area contributed by atoms with Crippen molar-refractivity contribution in [3.63, 3.8) is 0 Å². The molecule has 1 heterocycles. The Morgan fingerprint density at radius 1 is 1.50 bits per heavy atom. The van der Waals surface area contributed by atoms with E-state index in [4.69, 9.17) is 18.9 Å². The molecule has 0 aromatic heterocycles. The molecule has 2 saturated carbocycles. The number of fused-ring (bicyclic) bond motifs is 3. The fourth-order valence-electron chi connectivity index (χ4n) is 3.67. The zero-order valence-electron chi connectivity index (χ0n) is 9.43. The van der Waals surface area contributed by atoms with Gasteiger partial charge in [0.05, 0.1) is 5.60 Å². The van der Waals surface area contributed by atoms with Crippen LogP contribution < -0.4 is 0 Å². The highest BCUT2D eigenvalue weighted by atomic mass is 31.1. The van der Waals surface area contributed by atoms with Crippen LogP contribution in [0.5, 0.6) is 0 Å². The highest BCUT2D eigenvalue weighted by Gasteiger charge is 2.77. The lowest BCUT2D eigenvalue weighted by Crippen LogP contribution is -2.44. The van der Waals surface area contributed by atoms with Crippen LogP contribution in [0.25, 0.3) is 0 Å². The minimum atomic E-state index is -2.91. The molecule has 1 N–H and O–H groups in total. The molecular formula is C9H16BO5P. The average Bonchev–Trinajstić information content (AvgIpc) is 2.63. The minimum Gasteiger partial charge on any atom is -0.378 e. The third kappa shape index (κ3) is 1.31. The van der Waals surface area contributed by atoms with Gasteiger partial charge < -0.3 is 18.9 Å². The topological polar surface area (TPSA) is 65.0 Å². The van der Waals surface area contributed by atoms with Gasteiger partial charge in [0.25, 0.3) is 0 Å². The van der Waals surface area contributed by atoms with Crippen LogP contribution >= 0.6 is 8.25 Å². The van der Waals surface area contributed by atoms with Gasteiger partial charge in [-0.3, -0.25) is 4.57 Å². The second-order valence-corrected chi connectivity index (χ2v) is 5.96. The summed E-state index contributed by atoms with van der Waals surface area (Å²) in [5, 5.41) is 0. The van der Waals surface area contributed by atoms with Gasteiger partial charge in [-0.05, 0) is 25.2 Å². The Labute approximate surface area is 95.8 Å². The largest absolute Gasteiger partial charge is 0.378 e. The van der Waals surface area contributed by atoms with E-state index >= 15 is 0 Å². The van der Waals surface area contributed by atoms with Gasteiger partial charge in [0.15, 0.2) is 0 Å². The van der Waals surface area contributed by atoms with Crippen LogP contribution in [0, 0.1) is 5.92 Å². The average molecular weight is 246 g/mol. The lowest BCUT2D eigenvalue weighted by atomic mass is 9.86. The second-order valence-electron chi connectivity index (χ2n) is 5.23. The molecule has 6 atom stereocenters. The predicted octanol–water partition coefficient (Wildman–Crippen LogP) is -0.319. The van der Waals surface area contributed by atoms with E-state index in [9.17, 15) is 4.57 Å². The maximum Gasteiger partial charge on any atom is 0.317 e. The number of rotatable bonds is 3. The minimum absolute atomic E-state index is 0.132. The molecule has 1 saturated heterocycles. The van der Waals surface area contributed by atoms with Crippen molar-refractivity contribution in [2.45, 2.75) is 42.6 Å². The van der Waals surface area contributed by atoms with E-state index in [1.807, 2.05) is 7.85 Å². The molecule has 3 aliphatic rings. The Kier molecular flexibility index (Phi) is 2.34. The predicted molar refractivity (Wildman–Crippen MR) is 59.3 cm³/mol. The smallest absolute Gasteiger partial charge is 0.317 e. The summed E-state index contributed by atoms with van der Waals surface area (Å²) in [6.45, 7) is 0. The maximum absolute atomic E-state index is 10.9. The van der Waals surface area contributed by atoms with E-state index in [1.165, 1.54) is 0 Å². The quantitative estimate of drug-likeness (QED) is 0.546. The molecule has 0 aromatic rings. The molecule has 3 rings (SSSR count). The molecule has 90 valence electrons. The number of hydrogen-bond acceptors (Lipinski definition) is 4. The lowest BCUT2D eigenvalue weighted by molar-refractivity contribution is -0.0973. The Bertz CT molecular complexity index is 353. The standard InChI is InChI=1S/C9H16BO5P/c1-13-8-2-5-3-9(5,15-16(11)12)7(8)14-6(10)4-8/h5-7,16H,2-4,10H2,1H3,(H,11,12)/t5-,6?,7+,8+,9-/m1/s1. The Morgan fingerprint density at radius 2 is 2.25 bits per heavy atom. The monoisotopic (exact) mass is 246 g/mol. The molecule has 0 aromatic carbocycles. The van der Waals surface area contributed by atoms with Gasteiger partial charge >= 0.3 is 8.25 Å². The first-order chi connectivity index (χ1) is 7.52.